The number of hydrogen-bond acceptors (Lipinski definition) is 5. The third kappa shape index (κ3) is 5.17. The van der Waals surface area contributed by atoms with E-state index in [-0.39, 0.29) is 17.4 Å². The van der Waals surface area contributed by atoms with E-state index in [1.54, 1.807) is 0 Å². The molecule has 25 heavy (non-hydrogen) atoms. The molecule has 0 aromatic heterocycles. The summed E-state index contributed by atoms with van der Waals surface area (Å²) in [4.78, 5) is 35.6. The van der Waals surface area contributed by atoms with Crippen LogP contribution in [0.5, 0.6) is 5.75 Å². The summed E-state index contributed by atoms with van der Waals surface area (Å²) < 4.78 is 23.6. The predicted molar refractivity (Wildman–Crippen MR) is 86.8 cm³/mol. The summed E-state index contributed by atoms with van der Waals surface area (Å²) >= 11 is 0. The number of urea groups is 1. The summed E-state index contributed by atoms with van der Waals surface area (Å²) in [6.45, 7) is 1.30. The molecule has 0 heterocycles. The Hall–Kier alpha value is -2.64. The number of amides is 3. The highest BCUT2D eigenvalue weighted by molar-refractivity contribution is 5.98. The van der Waals surface area contributed by atoms with Crippen LogP contribution < -0.4 is 15.4 Å². The molecule has 0 spiro atoms. The molecule has 1 saturated carbocycles. The zero-order valence-electron chi connectivity index (χ0n) is 14.1. The molecule has 2 N–H and O–H groups in total. The summed E-state index contributed by atoms with van der Waals surface area (Å²) in [6.07, 6.45) is 2.59. The van der Waals surface area contributed by atoms with Crippen molar-refractivity contribution in [2.24, 2.45) is 0 Å². The van der Waals surface area contributed by atoms with Crippen molar-refractivity contribution >= 4 is 17.9 Å². The molecular weight excluding hydrogens is 331 g/mol. The minimum absolute atomic E-state index is 0.0547. The van der Waals surface area contributed by atoms with Crippen molar-refractivity contribution in [1.82, 2.24) is 10.6 Å². The van der Waals surface area contributed by atoms with Crippen LogP contribution in [0.25, 0.3) is 0 Å². The second kappa shape index (κ2) is 8.46. The lowest BCUT2D eigenvalue weighted by atomic mass is 10.2. The maximum Gasteiger partial charge on any atom is 0.341 e. The number of rotatable bonds is 5. The third-order valence-electron chi connectivity index (χ3n) is 3.98. The van der Waals surface area contributed by atoms with E-state index in [9.17, 15) is 18.8 Å². The quantitative estimate of drug-likeness (QED) is 0.792. The molecule has 1 aliphatic carbocycles. The number of carbonyl (C=O) groups is 3. The molecule has 1 aromatic rings. The smallest absolute Gasteiger partial charge is 0.341 e. The van der Waals surface area contributed by atoms with Gasteiger partial charge >= 0.3 is 12.0 Å². The second-order valence-electron chi connectivity index (χ2n) is 5.84. The van der Waals surface area contributed by atoms with E-state index in [4.69, 9.17) is 9.47 Å². The Morgan fingerprint density at radius 3 is 2.52 bits per heavy atom. The summed E-state index contributed by atoms with van der Waals surface area (Å²) in [5, 5.41) is 4.80. The van der Waals surface area contributed by atoms with Crippen LogP contribution in [0.4, 0.5) is 9.18 Å². The molecule has 1 aromatic carbocycles. The van der Waals surface area contributed by atoms with Gasteiger partial charge in [-0.2, -0.15) is 0 Å². The van der Waals surface area contributed by atoms with Crippen molar-refractivity contribution in [2.75, 3.05) is 7.11 Å². The SMILES string of the molecule is COc1ccc(C(=O)O[C@H](C)C(=O)NC(=O)NC2CCCC2)c(F)c1. The zero-order valence-corrected chi connectivity index (χ0v) is 14.1. The fraction of sp³-hybridized carbons (Fsp3) is 0.471. The van der Waals surface area contributed by atoms with Crippen LogP contribution in [0.3, 0.4) is 0 Å². The van der Waals surface area contributed by atoms with Crippen LogP contribution in [0.1, 0.15) is 43.0 Å². The van der Waals surface area contributed by atoms with Gasteiger partial charge in [0.25, 0.3) is 5.91 Å². The zero-order chi connectivity index (χ0) is 18.4. The number of methoxy groups -OCH3 is 1. The maximum absolute atomic E-state index is 13.8. The van der Waals surface area contributed by atoms with Gasteiger partial charge in [0.15, 0.2) is 6.10 Å². The number of esters is 1. The van der Waals surface area contributed by atoms with E-state index in [1.165, 1.54) is 26.2 Å². The highest BCUT2D eigenvalue weighted by Crippen LogP contribution is 2.18. The van der Waals surface area contributed by atoms with Crippen LogP contribution in [0.15, 0.2) is 18.2 Å². The van der Waals surface area contributed by atoms with Gasteiger partial charge < -0.3 is 14.8 Å². The van der Waals surface area contributed by atoms with Gasteiger partial charge in [0.05, 0.1) is 12.7 Å². The Kier molecular flexibility index (Phi) is 6.32. The minimum Gasteiger partial charge on any atom is -0.497 e. The number of hydrogen-bond donors (Lipinski definition) is 2. The van der Waals surface area contributed by atoms with Gasteiger partial charge in [-0.15, -0.1) is 0 Å². The van der Waals surface area contributed by atoms with E-state index in [1.807, 2.05) is 0 Å². The topological polar surface area (TPSA) is 93.7 Å². The standard InChI is InChI=1S/C17H21FN2O5/c1-10(15(21)20-17(23)19-11-5-3-4-6-11)25-16(22)13-8-7-12(24-2)9-14(13)18/h7-11H,3-6H2,1-2H3,(H2,19,20,21,23)/t10-/m1/s1. The summed E-state index contributed by atoms with van der Waals surface area (Å²) in [5.74, 6) is -2.35. The van der Waals surface area contributed by atoms with Gasteiger partial charge in [-0.1, -0.05) is 12.8 Å². The number of nitrogens with one attached hydrogen (secondary N) is 2. The molecule has 1 fully saturated rings. The van der Waals surface area contributed by atoms with Gasteiger partial charge in [-0.25, -0.2) is 14.0 Å². The van der Waals surface area contributed by atoms with Gasteiger partial charge in [0, 0.05) is 12.1 Å². The van der Waals surface area contributed by atoms with Crippen LogP contribution in [-0.4, -0.2) is 37.2 Å². The van der Waals surface area contributed by atoms with Crippen LogP contribution in [0, 0.1) is 5.82 Å². The van der Waals surface area contributed by atoms with Gasteiger partial charge in [-0.05, 0) is 31.9 Å². The lowest BCUT2D eigenvalue weighted by Gasteiger charge is -2.15. The van der Waals surface area contributed by atoms with Crippen LogP contribution in [-0.2, 0) is 9.53 Å². The molecular formula is C17H21FN2O5. The molecule has 3 amide bonds. The fourth-order valence-electron chi connectivity index (χ4n) is 2.57. The maximum atomic E-state index is 13.8. The molecule has 7 nitrogen and oxygen atoms in total. The average Bonchev–Trinajstić information content (AvgIpc) is 3.06. The van der Waals surface area contributed by atoms with E-state index in [0.29, 0.717) is 0 Å². The lowest BCUT2D eigenvalue weighted by Crippen LogP contribution is -2.47. The number of benzene rings is 1. The Labute approximate surface area is 144 Å². The Morgan fingerprint density at radius 2 is 1.92 bits per heavy atom. The normalized spacial score (nSPS) is 15.3. The summed E-state index contributed by atoms with van der Waals surface area (Å²) in [7, 11) is 1.37. The van der Waals surface area contributed by atoms with E-state index < -0.39 is 29.8 Å². The highest BCUT2D eigenvalue weighted by Gasteiger charge is 2.24. The van der Waals surface area contributed by atoms with Crippen molar-refractivity contribution in [3.63, 3.8) is 0 Å². The predicted octanol–water partition coefficient (Wildman–Crippen LogP) is 2.15. The number of halogens is 1. The van der Waals surface area contributed by atoms with Crippen molar-refractivity contribution in [3.8, 4) is 5.75 Å². The Balaban J connectivity index is 1.87. The molecule has 0 unspecified atom stereocenters. The van der Waals surface area contributed by atoms with Crippen molar-refractivity contribution in [3.05, 3.63) is 29.6 Å². The summed E-state index contributed by atoms with van der Waals surface area (Å²) in [6, 6.07) is 3.07. The van der Waals surface area contributed by atoms with Crippen molar-refractivity contribution in [1.29, 1.82) is 0 Å². The molecule has 1 atom stereocenters. The lowest BCUT2D eigenvalue weighted by molar-refractivity contribution is -0.127. The largest absolute Gasteiger partial charge is 0.497 e. The van der Waals surface area contributed by atoms with Crippen LogP contribution in [0.2, 0.25) is 0 Å². The molecule has 0 bridgehead atoms. The van der Waals surface area contributed by atoms with E-state index >= 15 is 0 Å². The number of carbonyl (C=O) groups excluding carboxylic acids is 3. The first-order chi connectivity index (χ1) is 11.9. The van der Waals surface area contributed by atoms with Crippen molar-refractivity contribution < 1.29 is 28.2 Å². The first-order valence-corrected chi connectivity index (χ1v) is 8.06. The molecule has 136 valence electrons. The first-order valence-electron chi connectivity index (χ1n) is 8.06. The van der Waals surface area contributed by atoms with Gasteiger partial charge in [0.2, 0.25) is 0 Å². The number of ether oxygens (including phenoxy) is 2. The monoisotopic (exact) mass is 352 g/mol. The highest BCUT2D eigenvalue weighted by atomic mass is 19.1. The van der Waals surface area contributed by atoms with E-state index in [2.05, 4.69) is 10.6 Å². The van der Waals surface area contributed by atoms with Crippen LogP contribution >= 0.6 is 0 Å². The number of imide groups is 1. The van der Waals surface area contributed by atoms with Gasteiger partial charge in [0.1, 0.15) is 11.6 Å². The first kappa shape index (κ1) is 18.7. The average molecular weight is 352 g/mol. The molecule has 0 saturated heterocycles. The van der Waals surface area contributed by atoms with E-state index in [0.717, 1.165) is 31.7 Å². The van der Waals surface area contributed by atoms with Crippen molar-refractivity contribution in [2.45, 2.75) is 44.8 Å². The molecule has 1 aliphatic rings. The molecule has 8 heteroatoms. The minimum atomic E-state index is -1.25. The second-order valence-corrected chi connectivity index (χ2v) is 5.84. The Bertz CT molecular complexity index is 658. The molecule has 0 radical (unpaired) electrons. The van der Waals surface area contributed by atoms with Gasteiger partial charge in [-0.3, -0.25) is 10.1 Å². The molecule has 2 rings (SSSR count). The summed E-state index contributed by atoms with van der Waals surface area (Å²) in [5.41, 5.74) is -0.323. The Morgan fingerprint density at radius 1 is 1.24 bits per heavy atom. The fourth-order valence-corrected chi connectivity index (χ4v) is 2.57. The third-order valence-corrected chi connectivity index (χ3v) is 3.98. The molecule has 0 aliphatic heterocycles.